The van der Waals surface area contributed by atoms with E-state index in [1.165, 1.54) is 18.5 Å². The van der Waals surface area contributed by atoms with Crippen molar-refractivity contribution in [3.63, 3.8) is 0 Å². The minimum atomic E-state index is -0.0804. The summed E-state index contributed by atoms with van der Waals surface area (Å²) in [4.78, 5) is 14.6. The number of aromatic nitrogens is 2. The van der Waals surface area contributed by atoms with Gasteiger partial charge in [-0.3, -0.25) is 4.79 Å². The Morgan fingerprint density at radius 1 is 1.07 bits per heavy atom. The zero-order chi connectivity index (χ0) is 20.1. The van der Waals surface area contributed by atoms with Crippen LogP contribution in [0, 0.1) is 0 Å². The maximum atomic E-state index is 12.2. The summed E-state index contributed by atoms with van der Waals surface area (Å²) in [6.45, 7) is 2.21. The van der Waals surface area contributed by atoms with E-state index in [9.17, 15) is 4.79 Å². The number of aryl methyl sites for hydroxylation is 1. The molecule has 0 aliphatic carbocycles. The maximum Gasteiger partial charge on any atom is 0.247 e. The molecule has 1 amide bonds. The first-order chi connectivity index (χ1) is 14.2. The van der Waals surface area contributed by atoms with Crippen LogP contribution < -0.4 is 15.0 Å². The first kappa shape index (κ1) is 19.0. The molecule has 1 aliphatic rings. The van der Waals surface area contributed by atoms with Gasteiger partial charge in [-0.2, -0.15) is 0 Å². The summed E-state index contributed by atoms with van der Waals surface area (Å²) < 4.78 is 10.8. The van der Waals surface area contributed by atoms with Crippen LogP contribution in [0.2, 0.25) is 0 Å². The van der Waals surface area contributed by atoms with Gasteiger partial charge >= 0.3 is 0 Å². The highest BCUT2D eigenvalue weighted by molar-refractivity contribution is 5.90. The number of hydrogen-bond donors (Lipinski definition) is 1. The summed E-state index contributed by atoms with van der Waals surface area (Å²) in [5.74, 6) is 1.55. The molecule has 29 heavy (non-hydrogen) atoms. The van der Waals surface area contributed by atoms with E-state index in [1.54, 1.807) is 7.11 Å². The standard InChI is InChI=1S/C22H24N4O3/c1-28-19-10-4-16(5-11-19)22-25-24-21(29-22)13-12-20(27)23-17-6-8-18(9-7-17)26-14-2-3-15-26/h4-11H,2-3,12-15H2,1H3,(H,23,27). The Labute approximate surface area is 169 Å². The normalized spacial score (nSPS) is 13.5. The predicted octanol–water partition coefficient (Wildman–Crippen LogP) is 3.92. The number of hydrogen-bond acceptors (Lipinski definition) is 6. The lowest BCUT2D eigenvalue weighted by atomic mass is 10.2. The third-order valence-corrected chi connectivity index (χ3v) is 4.99. The van der Waals surface area contributed by atoms with Gasteiger partial charge in [-0.15, -0.1) is 10.2 Å². The van der Waals surface area contributed by atoms with Gasteiger partial charge in [0.15, 0.2) is 0 Å². The van der Waals surface area contributed by atoms with Crippen molar-refractivity contribution in [3.05, 3.63) is 54.4 Å². The molecular formula is C22H24N4O3. The lowest BCUT2D eigenvalue weighted by Crippen LogP contribution is -2.17. The van der Waals surface area contributed by atoms with Gasteiger partial charge in [-0.1, -0.05) is 0 Å². The number of rotatable bonds is 7. The molecule has 0 bridgehead atoms. The zero-order valence-corrected chi connectivity index (χ0v) is 16.4. The van der Waals surface area contributed by atoms with Gasteiger partial charge in [0.1, 0.15) is 5.75 Å². The second-order valence-corrected chi connectivity index (χ2v) is 7.02. The zero-order valence-electron chi connectivity index (χ0n) is 16.4. The van der Waals surface area contributed by atoms with Gasteiger partial charge in [0.05, 0.1) is 7.11 Å². The smallest absolute Gasteiger partial charge is 0.247 e. The molecular weight excluding hydrogens is 368 g/mol. The fourth-order valence-electron chi connectivity index (χ4n) is 3.38. The van der Waals surface area contributed by atoms with Crippen molar-refractivity contribution in [3.8, 4) is 17.2 Å². The number of nitrogens with one attached hydrogen (secondary N) is 1. The van der Waals surface area contributed by atoms with E-state index in [4.69, 9.17) is 9.15 Å². The Balaban J connectivity index is 1.28. The van der Waals surface area contributed by atoms with Crippen LogP contribution >= 0.6 is 0 Å². The highest BCUT2D eigenvalue weighted by Crippen LogP contribution is 2.23. The van der Waals surface area contributed by atoms with E-state index in [1.807, 2.05) is 36.4 Å². The first-order valence-electron chi connectivity index (χ1n) is 9.83. The molecule has 1 saturated heterocycles. The van der Waals surface area contributed by atoms with E-state index >= 15 is 0 Å². The van der Waals surface area contributed by atoms with Crippen molar-refractivity contribution in [2.24, 2.45) is 0 Å². The summed E-state index contributed by atoms with van der Waals surface area (Å²) in [7, 11) is 1.62. The minimum absolute atomic E-state index is 0.0804. The lowest BCUT2D eigenvalue weighted by molar-refractivity contribution is -0.116. The van der Waals surface area contributed by atoms with Gasteiger partial charge in [0, 0.05) is 42.9 Å². The number of nitrogens with zero attached hydrogens (tertiary/aromatic N) is 3. The Hall–Kier alpha value is -3.35. The second-order valence-electron chi connectivity index (χ2n) is 7.02. The molecule has 0 spiro atoms. The van der Waals surface area contributed by atoms with Crippen LogP contribution in [0.4, 0.5) is 11.4 Å². The fraction of sp³-hybridized carbons (Fsp3) is 0.318. The molecule has 0 atom stereocenters. The van der Waals surface area contributed by atoms with E-state index in [-0.39, 0.29) is 12.3 Å². The van der Waals surface area contributed by atoms with E-state index in [0.717, 1.165) is 30.1 Å². The summed E-state index contributed by atoms with van der Waals surface area (Å²) in [6.07, 6.45) is 3.15. The average molecular weight is 392 g/mol. The topological polar surface area (TPSA) is 80.5 Å². The first-order valence-corrected chi connectivity index (χ1v) is 9.83. The van der Waals surface area contributed by atoms with Crippen LogP contribution in [0.1, 0.15) is 25.2 Å². The van der Waals surface area contributed by atoms with Gasteiger partial charge in [-0.05, 0) is 61.4 Å². The van der Waals surface area contributed by atoms with E-state index < -0.39 is 0 Å². The van der Waals surface area contributed by atoms with Gasteiger partial charge < -0.3 is 19.4 Å². The second kappa shape index (κ2) is 8.77. The highest BCUT2D eigenvalue weighted by atomic mass is 16.5. The molecule has 0 radical (unpaired) electrons. The lowest BCUT2D eigenvalue weighted by Gasteiger charge is -2.17. The average Bonchev–Trinajstić information content (AvgIpc) is 3.45. The quantitative estimate of drug-likeness (QED) is 0.656. The molecule has 1 fully saturated rings. The van der Waals surface area contributed by atoms with Crippen LogP contribution in [0.25, 0.3) is 11.5 Å². The number of anilines is 2. The molecule has 1 aromatic heterocycles. The Bertz CT molecular complexity index is 945. The molecule has 2 heterocycles. The minimum Gasteiger partial charge on any atom is -0.497 e. The Morgan fingerprint density at radius 3 is 2.48 bits per heavy atom. The monoisotopic (exact) mass is 392 g/mol. The third-order valence-electron chi connectivity index (χ3n) is 4.99. The predicted molar refractivity (Wildman–Crippen MR) is 111 cm³/mol. The molecule has 1 N–H and O–H groups in total. The Kier molecular flexibility index (Phi) is 5.74. The van der Waals surface area contributed by atoms with Gasteiger partial charge in [0.2, 0.25) is 17.7 Å². The number of carbonyl (C=O) groups is 1. The highest BCUT2D eigenvalue weighted by Gasteiger charge is 2.13. The fourth-order valence-corrected chi connectivity index (χ4v) is 3.38. The number of ether oxygens (including phenoxy) is 1. The molecule has 2 aromatic carbocycles. The molecule has 7 nitrogen and oxygen atoms in total. The van der Waals surface area contributed by atoms with Crippen molar-refractivity contribution < 1.29 is 13.9 Å². The van der Waals surface area contributed by atoms with Crippen molar-refractivity contribution in [2.75, 3.05) is 30.4 Å². The molecule has 150 valence electrons. The molecule has 0 unspecified atom stereocenters. The SMILES string of the molecule is COc1ccc(-c2nnc(CCC(=O)Nc3ccc(N4CCCC4)cc3)o2)cc1. The van der Waals surface area contributed by atoms with Crippen molar-refractivity contribution in [1.29, 1.82) is 0 Å². The summed E-state index contributed by atoms with van der Waals surface area (Å²) in [5.41, 5.74) is 2.81. The van der Waals surface area contributed by atoms with Crippen molar-refractivity contribution >= 4 is 17.3 Å². The molecule has 3 aromatic rings. The van der Waals surface area contributed by atoms with Crippen molar-refractivity contribution in [1.82, 2.24) is 10.2 Å². The van der Waals surface area contributed by atoms with E-state index in [2.05, 4.69) is 32.5 Å². The molecule has 7 heteroatoms. The van der Waals surface area contributed by atoms with E-state index in [0.29, 0.717) is 18.2 Å². The van der Waals surface area contributed by atoms with Crippen LogP contribution in [-0.2, 0) is 11.2 Å². The number of amides is 1. The third kappa shape index (κ3) is 4.74. The van der Waals surface area contributed by atoms with Crippen LogP contribution in [0.15, 0.2) is 52.9 Å². The largest absolute Gasteiger partial charge is 0.497 e. The molecule has 1 aliphatic heterocycles. The number of benzene rings is 2. The van der Waals surface area contributed by atoms with Crippen LogP contribution in [0.3, 0.4) is 0 Å². The number of carbonyl (C=O) groups excluding carboxylic acids is 1. The Morgan fingerprint density at radius 2 is 1.79 bits per heavy atom. The number of methoxy groups -OCH3 is 1. The summed E-state index contributed by atoms with van der Waals surface area (Å²) >= 11 is 0. The summed E-state index contributed by atoms with van der Waals surface area (Å²) in [5, 5.41) is 11.0. The maximum absolute atomic E-state index is 12.2. The van der Waals surface area contributed by atoms with Crippen LogP contribution in [-0.4, -0.2) is 36.3 Å². The van der Waals surface area contributed by atoms with Crippen LogP contribution in [0.5, 0.6) is 5.75 Å². The van der Waals surface area contributed by atoms with Gasteiger partial charge in [-0.25, -0.2) is 0 Å². The summed E-state index contributed by atoms with van der Waals surface area (Å²) in [6, 6.07) is 15.4. The molecule has 0 saturated carbocycles. The van der Waals surface area contributed by atoms with Crippen molar-refractivity contribution in [2.45, 2.75) is 25.7 Å². The van der Waals surface area contributed by atoms with Gasteiger partial charge in [0.25, 0.3) is 0 Å². The molecule has 4 rings (SSSR count).